The monoisotopic (exact) mass is 450 g/mol. The van der Waals surface area contributed by atoms with E-state index in [1.165, 1.54) is 16.7 Å². The van der Waals surface area contributed by atoms with Crippen molar-refractivity contribution in [3.05, 3.63) is 142 Å². The molecule has 1 nitrogen and oxygen atoms in total. The van der Waals surface area contributed by atoms with Crippen LogP contribution in [0.1, 0.15) is 55.7 Å². The van der Waals surface area contributed by atoms with Crippen molar-refractivity contribution in [2.75, 3.05) is 0 Å². The zero-order valence-corrected chi connectivity index (χ0v) is 19.7. The van der Waals surface area contributed by atoms with Gasteiger partial charge in [0.2, 0.25) is 0 Å². The Kier molecular flexibility index (Phi) is 5.65. The summed E-state index contributed by atoms with van der Waals surface area (Å²) in [5.74, 6) is 7.26. The molecule has 9 rings (SSSR count). The van der Waals surface area contributed by atoms with Crippen molar-refractivity contribution < 1.29 is 4.79 Å². The van der Waals surface area contributed by atoms with Gasteiger partial charge in [-0.15, -0.1) is 0 Å². The van der Waals surface area contributed by atoms with Gasteiger partial charge in [0.1, 0.15) is 0 Å². The second kappa shape index (κ2) is 9.24. The lowest BCUT2D eigenvalue weighted by Gasteiger charge is -2.18. The minimum atomic E-state index is 0.169. The number of ketones is 1. The highest BCUT2D eigenvalue weighted by Crippen LogP contribution is 2.32. The lowest BCUT2D eigenvalue weighted by molar-refractivity contribution is 0.0997. The Labute approximate surface area is 207 Å². The summed E-state index contributed by atoms with van der Waals surface area (Å²) in [6.07, 6.45) is 3.90. The molecule has 35 heavy (non-hydrogen) atoms. The largest absolute Gasteiger partial charge is 0.294 e. The molecule has 168 valence electrons. The molecule has 0 aliphatic heterocycles. The number of carbonyl (C=O) groups is 1. The molecule has 5 aliphatic rings. The predicted octanol–water partition coefficient (Wildman–Crippen LogP) is 7.12. The smallest absolute Gasteiger partial charge is 0.167 e. The number of benzene rings is 4. The summed E-state index contributed by atoms with van der Waals surface area (Å²) in [6.45, 7) is 0. The fourth-order valence-corrected chi connectivity index (χ4v) is 5.21. The van der Waals surface area contributed by atoms with Crippen molar-refractivity contribution in [1.29, 1.82) is 0 Å². The predicted molar refractivity (Wildman–Crippen MR) is 143 cm³/mol. The van der Waals surface area contributed by atoms with E-state index in [4.69, 9.17) is 0 Å². The molecule has 0 radical (unpaired) electrons. The van der Waals surface area contributed by atoms with Crippen LogP contribution in [0.15, 0.2) is 97.1 Å². The Hall–Kier alpha value is -4.15. The van der Waals surface area contributed by atoms with E-state index in [1.807, 2.05) is 36.4 Å². The van der Waals surface area contributed by atoms with Gasteiger partial charge >= 0.3 is 0 Å². The zero-order chi connectivity index (χ0) is 23.6. The van der Waals surface area contributed by atoms with Gasteiger partial charge in [-0.25, -0.2) is 0 Å². The van der Waals surface area contributed by atoms with Crippen LogP contribution < -0.4 is 0 Å². The van der Waals surface area contributed by atoms with Crippen molar-refractivity contribution in [3.63, 3.8) is 0 Å². The van der Waals surface area contributed by atoms with Gasteiger partial charge in [-0.1, -0.05) is 96.8 Å². The Morgan fingerprint density at radius 3 is 1.94 bits per heavy atom. The van der Waals surface area contributed by atoms with Crippen molar-refractivity contribution in [3.8, 4) is 11.8 Å². The molecule has 0 heterocycles. The van der Waals surface area contributed by atoms with E-state index in [0.29, 0.717) is 6.42 Å². The number of hydrogen-bond donors (Lipinski definition) is 0. The van der Waals surface area contributed by atoms with Crippen molar-refractivity contribution >= 4 is 16.9 Å². The van der Waals surface area contributed by atoms with Gasteiger partial charge in [0.15, 0.2) is 5.78 Å². The molecular formula is C34H26O. The number of hydrogen-bond acceptors (Lipinski definition) is 1. The zero-order valence-electron chi connectivity index (χ0n) is 19.7. The topological polar surface area (TPSA) is 17.1 Å². The van der Waals surface area contributed by atoms with Crippen molar-refractivity contribution in [2.45, 2.75) is 32.1 Å². The fourth-order valence-electron chi connectivity index (χ4n) is 5.21. The van der Waals surface area contributed by atoms with Gasteiger partial charge in [-0.3, -0.25) is 4.79 Å². The first-order chi connectivity index (χ1) is 17.2. The second-order valence-corrected chi connectivity index (χ2v) is 9.42. The maximum Gasteiger partial charge on any atom is 0.167 e. The number of carbonyl (C=O) groups excluding carboxylic acids is 1. The van der Waals surface area contributed by atoms with Crippen molar-refractivity contribution in [1.82, 2.24) is 0 Å². The summed E-state index contributed by atoms with van der Waals surface area (Å²) in [7, 11) is 0. The van der Waals surface area contributed by atoms with Gasteiger partial charge in [0.05, 0.1) is 0 Å². The summed E-state index contributed by atoms with van der Waals surface area (Å²) < 4.78 is 0. The van der Waals surface area contributed by atoms with Gasteiger partial charge in [0, 0.05) is 23.1 Å². The highest BCUT2D eigenvalue weighted by Gasteiger charge is 2.20. The van der Waals surface area contributed by atoms with E-state index in [2.05, 4.69) is 72.5 Å². The van der Waals surface area contributed by atoms with Crippen LogP contribution in [0.5, 0.6) is 0 Å². The Morgan fingerprint density at radius 2 is 1.20 bits per heavy atom. The molecule has 0 saturated heterocycles. The summed E-state index contributed by atoms with van der Waals surface area (Å²) in [4.78, 5) is 14.0. The lowest BCUT2D eigenvalue weighted by Crippen LogP contribution is -2.10. The van der Waals surface area contributed by atoms with Crippen molar-refractivity contribution in [2.24, 2.45) is 0 Å². The van der Waals surface area contributed by atoms with E-state index in [9.17, 15) is 4.79 Å². The molecule has 0 atom stereocenters. The molecule has 0 saturated carbocycles. The van der Waals surface area contributed by atoms with Gasteiger partial charge in [-0.05, 0) is 76.8 Å². The third kappa shape index (κ3) is 4.36. The van der Waals surface area contributed by atoms with Crippen LogP contribution in [0.25, 0.3) is 11.1 Å². The molecule has 6 bridgehead atoms. The third-order valence-corrected chi connectivity index (χ3v) is 7.16. The van der Waals surface area contributed by atoms with E-state index >= 15 is 0 Å². The normalized spacial score (nSPS) is 16.9. The molecule has 0 unspecified atom stereocenters. The molecule has 4 aromatic carbocycles. The molecule has 5 aliphatic carbocycles. The number of Topliss-reactive ketones (excluding diaryl/α,β-unsaturated/α-hetero) is 1. The highest BCUT2D eigenvalue weighted by molar-refractivity contribution is 6.10. The molecule has 4 aromatic rings. The van der Waals surface area contributed by atoms with Gasteiger partial charge < -0.3 is 0 Å². The van der Waals surface area contributed by atoms with Crippen LogP contribution in [0, 0.1) is 11.8 Å². The first-order valence-electron chi connectivity index (χ1n) is 12.4. The maximum absolute atomic E-state index is 14.0. The van der Waals surface area contributed by atoms with Crippen LogP contribution in [-0.4, -0.2) is 5.78 Å². The maximum atomic E-state index is 14.0. The van der Waals surface area contributed by atoms with E-state index < -0.39 is 0 Å². The van der Waals surface area contributed by atoms with E-state index in [1.54, 1.807) is 0 Å². The first-order valence-corrected chi connectivity index (χ1v) is 12.4. The SMILES string of the molecule is O=C1C/C(c2ccccc2)=C(/c2ccccc2)C#Cc2cc3ccc2CCc2ccc(cc21)CC3. The number of rotatable bonds is 2. The Balaban J connectivity index is 1.67. The summed E-state index contributed by atoms with van der Waals surface area (Å²) >= 11 is 0. The third-order valence-electron chi connectivity index (χ3n) is 7.16. The first kappa shape index (κ1) is 21.4. The Morgan fingerprint density at radius 1 is 0.571 bits per heavy atom. The summed E-state index contributed by atoms with van der Waals surface area (Å²) in [6, 6.07) is 33.8. The molecule has 0 amide bonds. The molecule has 0 aromatic heterocycles. The summed E-state index contributed by atoms with van der Waals surface area (Å²) in [5.41, 5.74) is 10.9. The van der Waals surface area contributed by atoms with Gasteiger partial charge in [0.25, 0.3) is 0 Å². The minimum absolute atomic E-state index is 0.169. The fraction of sp³-hybridized carbons (Fsp3) is 0.147. The lowest BCUT2D eigenvalue weighted by atomic mass is 9.85. The average molecular weight is 451 g/mol. The number of allylic oxidation sites excluding steroid dienone is 2. The van der Waals surface area contributed by atoms with Crippen LogP contribution >= 0.6 is 0 Å². The van der Waals surface area contributed by atoms with Crippen LogP contribution in [-0.2, 0) is 25.7 Å². The van der Waals surface area contributed by atoms with Gasteiger partial charge in [-0.2, -0.15) is 0 Å². The molecule has 1 heteroatoms. The Bertz CT molecular complexity index is 1510. The average Bonchev–Trinajstić information content (AvgIpc) is 2.90. The second-order valence-electron chi connectivity index (χ2n) is 9.42. The molecule has 0 fully saturated rings. The van der Waals surface area contributed by atoms with Crippen LogP contribution in [0.4, 0.5) is 0 Å². The van der Waals surface area contributed by atoms with Crippen LogP contribution in [0.3, 0.4) is 0 Å². The highest BCUT2D eigenvalue weighted by atomic mass is 16.1. The molecule has 0 N–H and O–H groups in total. The van der Waals surface area contributed by atoms with E-state index in [-0.39, 0.29) is 5.78 Å². The van der Waals surface area contributed by atoms with E-state index in [0.717, 1.165) is 64.6 Å². The van der Waals surface area contributed by atoms with Crippen LogP contribution in [0.2, 0.25) is 0 Å². The minimum Gasteiger partial charge on any atom is -0.294 e. The standard InChI is InChI=1S/C34H26O/c35-34-23-32(28-9-5-2-6-10-28)31(27-7-3-1-4-8-27)20-19-30-21-24-11-12-25-14-16-29(33(34)22-25)18-17-26(30)15-13-24/h1-10,13-16,21-22H,11-12,17-18,23H2/b32-31-. The summed E-state index contributed by atoms with van der Waals surface area (Å²) in [5, 5.41) is 0. The molecular weight excluding hydrogens is 424 g/mol. The number of aryl methyl sites for hydroxylation is 4. The quantitative estimate of drug-likeness (QED) is 0.297. The molecule has 0 spiro atoms.